The van der Waals surface area contributed by atoms with Crippen molar-refractivity contribution in [3.63, 3.8) is 0 Å². The molecule has 0 saturated heterocycles. The summed E-state index contributed by atoms with van der Waals surface area (Å²) in [4.78, 5) is 4.13. The highest BCUT2D eigenvalue weighted by molar-refractivity contribution is 8.00. The van der Waals surface area contributed by atoms with E-state index in [9.17, 15) is 8.42 Å². The first kappa shape index (κ1) is 12.1. The van der Waals surface area contributed by atoms with E-state index >= 15 is 0 Å². The zero-order valence-electron chi connectivity index (χ0n) is 9.36. The predicted molar refractivity (Wildman–Crippen MR) is 69.5 cm³/mol. The topological polar surface area (TPSA) is 58.5 Å². The summed E-state index contributed by atoms with van der Waals surface area (Å²) in [7, 11) is -1.98. The van der Waals surface area contributed by atoms with Crippen molar-refractivity contribution in [3.05, 3.63) is 40.4 Å². The number of sulfonamides is 1. The molecule has 0 amide bonds. The average molecular weight is 271 g/mol. The third kappa shape index (κ3) is 2.08. The van der Waals surface area contributed by atoms with Gasteiger partial charge in [0.1, 0.15) is 10.7 Å². The Labute approximate surface area is 105 Å². The molecule has 0 saturated carbocycles. The highest BCUT2D eigenvalue weighted by Crippen LogP contribution is 2.30. The number of hydrogen-bond donors (Lipinski definition) is 1. The van der Waals surface area contributed by atoms with Crippen LogP contribution in [0.5, 0.6) is 0 Å². The van der Waals surface area contributed by atoms with E-state index in [4.69, 9.17) is 11.6 Å². The molecule has 90 valence electrons. The van der Waals surface area contributed by atoms with Gasteiger partial charge in [-0.2, -0.15) is 0 Å². The average Bonchev–Trinajstić information content (AvgIpc) is 2.48. The number of benzene rings is 1. The fraction of sp³-hybridized carbons (Fsp3) is 0.182. The first-order valence-electron chi connectivity index (χ1n) is 4.92. The van der Waals surface area contributed by atoms with Crippen molar-refractivity contribution in [1.29, 1.82) is 0 Å². The Hall–Kier alpha value is -1.33. The standard InChI is InChI=1S/C11H11ClN2O2S/c1-7-10(8-4-3-5-9(12)6-8)17(15,16)14-11(7)13-2/h3-6H,1-2H3,(H,13,14). The third-order valence-electron chi connectivity index (χ3n) is 2.51. The van der Waals surface area contributed by atoms with Crippen LogP contribution in [-0.2, 0) is 10.0 Å². The number of rotatable bonds is 1. The second kappa shape index (κ2) is 4.16. The van der Waals surface area contributed by atoms with E-state index in [-0.39, 0.29) is 4.91 Å². The Kier molecular flexibility index (Phi) is 2.97. The van der Waals surface area contributed by atoms with Gasteiger partial charge in [0.2, 0.25) is 0 Å². The molecule has 0 bridgehead atoms. The van der Waals surface area contributed by atoms with Gasteiger partial charge in [-0.15, -0.1) is 0 Å². The minimum Gasteiger partial charge on any atom is -0.271 e. The van der Waals surface area contributed by atoms with Crippen molar-refractivity contribution >= 4 is 32.4 Å². The first-order valence-corrected chi connectivity index (χ1v) is 6.78. The lowest BCUT2D eigenvalue weighted by Crippen LogP contribution is -2.23. The molecule has 4 nitrogen and oxygen atoms in total. The number of nitrogens with one attached hydrogen (secondary N) is 1. The van der Waals surface area contributed by atoms with Gasteiger partial charge in [0.05, 0.1) is 0 Å². The maximum atomic E-state index is 12.0. The Balaban J connectivity index is 2.69. The van der Waals surface area contributed by atoms with Gasteiger partial charge in [-0.1, -0.05) is 23.7 Å². The predicted octanol–water partition coefficient (Wildman–Crippen LogP) is 2.03. The lowest BCUT2D eigenvalue weighted by Gasteiger charge is -2.03. The molecule has 2 rings (SSSR count). The summed E-state index contributed by atoms with van der Waals surface area (Å²) in [5, 5.41) is 0.500. The maximum Gasteiger partial charge on any atom is 0.264 e. The molecule has 1 N–H and O–H groups in total. The minimum atomic E-state index is -3.53. The Morgan fingerprint density at radius 3 is 2.59 bits per heavy atom. The summed E-state index contributed by atoms with van der Waals surface area (Å²) in [5.41, 5.74) is 1.18. The molecule has 1 aromatic rings. The molecule has 0 unspecified atom stereocenters. The zero-order chi connectivity index (χ0) is 12.6. The van der Waals surface area contributed by atoms with E-state index in [1.165, 1.54) is 0 Å². The van der Waals surface area contributed by atoms with E-state index in [0.29, 0.717) is 22.0 Å². The van der Waals surface area contributed by atoms with Crippen LogP contribution in [0.3, 0.4) is 0 Å². The van der Waals surface area contributed by atoms with Crippen LogP contribution in [0.2, 0.25) is 5.02 Å². The van der Waals surface area contributed by atoms with Crippen molar-refractivity contribution in [1.82, 2.24) is 4.72 Å². The van der Waals surface area contributed by atoms with Gasteiger partial charge < -0.3 is 0 Å². The second-order valence-corrected chi connectivity index (χ2v) is 5.70. The Bertz CT molecular complexity index is 633. The van der Waals surface area contributed by atoms with Gasteiger partial charge in [0.15, 0.2) is 0 Å². The van der Waals surface area contributed by atoms with Gasteiger partial charge in [-0.05, 0) is 24.6 Å². The van der Waals surface area contributed by atoms with Crippen molar-refractivity contribution in [2.45, 2.75) is 6.92 Å². The number of aliphatic imine (C=N–C) groups is 1. The van der Waals surface area contributed by atoms with Crippen LogP contribution in [0.4, 0.5) is 0 Å². The molecular formula is C11H11ClN2O2S. The smallest absolute Gasteiger partial charge is 0.264 e. The molecule has 0 atom stereocenters. The van der Waals surface area contributed by atoms with Crippen molar-refractivity contribution in [3.8, 4) is 0 Å². The van der Waals surface area contributed by atoms with Crippen LogP contribution in [-0.4, -0.2) is 21.3 Å². The van der Waals surface area contributed by atoms with Gasteiger partial charge >= 0.3 is 0 Å². The van der Waals surface area contributed by atoms with E-state index in [1.54, 1.807) is 38.2 Å². The van der Waals surface area contributed by atoms with Crippen LogP contribution in [0, 0.1) is 0 Å². The molecule has 17 heavy (non-hydrogen) atoms. The van der Waals surface area contributed by atoms with Crippen LogP contribution in [0.25, 0.3) is 4.91 Å². The monoisotopic (exact) mass is 270 g/mol. The highest BCUT2D eigenvalue weighted by atomic mass is 35.5. The summed E-state index contributed by atoms with van der Waals surface area (Å²) < 4.78 is 26.3. The van der Waals surface area contributed by atoms with Crippen molar-refractivity contribution in [2.24, 2.45) is 4.99 Å². The molecule has 0 radical (unpaired) electrons. The molecular weight excluding hydrogens is 260 g/mol. The first-order chi connectivity index (χ1) is 7.95. The Morgan fingerprint density at radius 1 is 1.35 bits per heavy atom. The van der Waals surface area contributed by atoms with Gasteiger partial charge in [-0.3, -0.25) is 9.71 Å². The van der Waals surface area contributed by atoms with Gasteiger partial charge in [0.25, 0.3) is 10.0 Å². The summed E-state index contributed by atoms with van der Waals surface area (Å²) >= 11 is 5.87. The SMILES string of the molecule is CN=C1NS(=O)(=O)C(c2cccc(Cl)c2)=C1C. The quantitative estimate of drug-likeness (QED) is 0.849. The van der Waals surface area contributed by atoms with E-state index in [0.717, 1.165) is 0 Å². The Morgan fingerprint density at radius 2 is 2.06 bits per heavy atom. The van der Waals surface area contributed by atoms with Crippen molar-refractivity contribution < 1.29 is 8.42 Å². The number of hydrogen-bond acceptors (Lipinski definition) is 3. The normalized spacial score (nSPS) is 20.8. The minimum absolute atomic E-state index is 0.237. The van der Waals surface area contributed by atoms with Crippen LogP contribution >= 0.6 is 11.6 Å². The molecule has 0 spiro atoms. The molecule has 1 aliphatic heterocycles. The van der Waals surface area contributed by atoms with Gasteiger partial charge in [0, 0.05) is 17.6 Å². The van der Waals surface area contributed by atoms with E-state index in [2.05, 4.69) is 9.71 Å². The number of amidine groups is 1. The van der Waals surface area contributed by atoms with Crippen molar-refractivity contribution in [2.75, 3.05) is 7.05 Å². The maximum absolute atomic E-state index is 12.0. The van der Waals surface area contributed by atoms with Crippen LogP contribution in [0.1, 0.15) is 12.5 Å². The highest BCUT2D eigenvalue weighted by Gasteiger charge is 2.32. The summed E-state index contributed by atoms with van der Waals surface area (Å²) in [6.45, 7) is 1.72. The molecule has 0 aromatic heterocycles. The zero-order valence-corrected chi connectivity index (χ0v) is 10.9. The molecule has 6 heteroatoms. The molecule has 0 aliphatic carbocycles. The second-order valence-electron chi connectivity index (χ2n) is 3.64. The van der Waals surface area contributed by atoms with E-state index < -0.39 is 10.0 Å². The molecule has 1 heterocycles. The van der Waals surface area contributed by atoms with Crippen LogP contribution < -0.4 is 4.72 Å². The third-order valence-corrected chi connectivity index (χ3v) is 4.28. The lowest BCUT2D eigenvalue weighted by molar-refractivity contribution is 0.603. The molecule has 1 aliphatic rings. The lowest BCUT2D eigenvalue weighted by atomic mass is 10.1. The van der Waals surface area contributed by atoms with Crippen LogP contribution in [0.15, 0.2) is 34.8 Å². The summed E-state index contributed by atoms with van der Waals surface area (Å²) in [5.74, 6) is 0.375. The molecule has 0 fully saturated rings. The summed E-state index contributed by atoms with van der Waals surface area (Å²) in [6, 6.07) is 6.75. The number of nitrogens with zero attached hydrogens (tertiary/aromatic N) is 1. The molecule has 1 aromatic carbocycles. The van der Waals surface area contributed by atoms with E-state index in [1.807, 2.05) is 0 Å². The fourth-order valence-corrected chi connectivity index (χ4v) is 3.51. The van der Waals surface area contributed by atoms with Gasteiger partial charge in [-0.25, -0.2) is 8.42 Å². The number of halogens is 1. The summed E-state index contributed by atoms with van der Waals surface area (Å²) in [6.07, 6.45) is 0. The fourth-order valence-electron chi connectivity index (χ4n) is 1.78. The largest absolute Gasteiger partial charge is 0.271 e.